The molecular formula is C18H13Cl3N2O2S. The number of carbonyl (C=O) groups is 1. The maximum absolute atomic E-state index is 12.6. The summed E-state index contributed by atoms with van der Waals surface area (Å²) in [6.07, 6.45) is 0. The monoisotopic (exact) mass is 426 g/mol. The number of thiocarbonyl (C=S) groups is 1. The second-order valence-corrected chi connectivity index (χ2v) is 7.17. The minimum atomic E-state index is -0.591. The summed E-state index contributed by atoms with van der Waals surface area (Å²) in [5.41, 5.74) is 2.29. The Morgan fingerprint density at radius 1 is 1.08 bits per heavy atom. The van der Waals surface area contributed by atoms with E-state index in [0.29, 0.717) is 37.0 Å². The smallest absolute Gasteiger partial charge is 0.338 e. The van der Waals surface area contributed by atoms with Crippen molar-refractivity contribution in [2.75, 3.05) is 7.11 Å². The van der Waals surface area contributed by atoms with Crippen LogP contribution in [-0.4, -0.2) is 18.2 Å². The first kappa shape index (κ1) is 19.0. The van der Waals surface area contributed by atoms with E-state index in [-0.39, 0.29) is 0 Å². The molecule has 0 unspecified atom stereocenters. The molecule has 0 aliphatic carbocycles. The van der Waals surface area contributed by atoms with Crippen LogP contribution >= 0.6 is 47.0 Å². The van der Waals surface area contributed by atoms with E-state index < -0.39 is 12.0 Å². The molecule has 0 saturated carbocycles. The first-order valence-electron chi connectivity index (χ1n) is 7.51. The van der Waals surface area contributed by atoms with E-state index in [9.17, 15) is 4.79 Å². The van der Waals surface area contributed by atoms with Gasteiger partial charge in [-0.3, -0.25) is 0 Å². The van der Waals surface area contributed by atoms with E-state index in [1.165, 1.54) is 7.11 Å². The fourth-order valence-corrected chi connectivity index (χ4v) is 3.57. The second-order valence-electron chi connectivity index (χ2n) is 5.48. The predicted octanol–water partition coefficient (Wildman–Crippen LogP) is 4.75. The molecule has 0 fully saturated rings. The summed E-state index contributed by atoms with van der Waals surface area (Å²) in [5, 5.41) is 7.97. The topological polar surface area (TPSA) is 50.4 Å². The Hall–Kier alpha value is -1.79. The summed E-state index contributed by atoms with van der Waals surface area (Å²) in [4.78, 5) is 12.6. The van der Waals surface area contributed by atoms with Gasteiger partial charge < -0.3 is 15.4 Å². The highest BCUT2D eigenvalue weighted by molar-refractivity contribution is 7.80. The van der Waals surface area contributed by atoms with Crippen LogP contribution in [0.15, 0.2) is 48.0 Å². The molecule has 0 amide bonds. The lowest BCUT2D eigenvalue weighted by molar-refractivity contribution is -0.136. The van der Waals surface area contributed by atoms with Crippen LogP contribution in [-0.2, 0) is 9.53 Å². The molecule has 4 nitrogen and oxygen atoms in total. The number of hydrogen-bond acceptors (Lipinski definition) is 3. The number of benzene rings is 2. The minimum Gasteiger partial charge on any atom is -0.466 e. The summed E-state index contributed by atoms with van der Waals surface area (Å²) in [7, 11) is 1.32. The molecule has 1 aliphatic heterocycles. The number of esters is 1. The molecule has 134 valence electrons. The molecule has 2 N–H and O–H groups in total. The van der Waals surface area contributed by atoms with Crippen LogP contribution in [0.5, 0.6) is 0 Å². The van der Waals surface area contributed by atoms with Crippen molar-refractivity contribution < 1.29 is 9.53 Å². The highest BCUT2D eigenvalue weighted by atomic mass is 35.5. The van der Waals surface area contributed by atoms with Crippen molar-refractivity contribution in [3.63, 3.8) is 0 Å². The van der Waals surface area contributed by atoms with Crippen LogP contribution in [0.1, 0.15) is 17.2 Å². The van der Waals surface area contributed by atoms with Gasteiger partial charge in [-0.1, -0.05) is 53.0 Å². The first-order valence-corrected chi connectivity index (χ1v) is 9.06. The summed E-state index contributed by atoms with van der Waals surface area (Å²) in [6.45, 7) is 0. The largest absolute Gasteiger partial charge is 0.466 e. The number of hydrogen-bond donors (Lipinski definition) is 2. The SMILES string of the molecule is COC(=O)C1=C(c2ccc(Cl)cc2)NC(=S)N[C@@H]1c1ccc(Cl)cc1Cl. The third-order valence-electron chi connectivity index (χ3n) is 3.88. The van der Waals surface area contributed by atoms with Crippen molar-refractivity contribution in [2.24, 2.45) is 0 Å². The van der Waals surface area contributed by atoms with Crippen molar-refractivity contribution in [1.82, 2.24) is 10.6 Å². The highest BCUT2D eigenvalue weighted by Crippen LogP contribution is 2.36. The second kappa shape index (κ2) is 7.84. The number of halogens is 3. The van der Waals surface area contributed by atoms with Crippen LogP contribution in [0.3, 0.4) is 0 Å². The normalized spacial score (nSPS) is 16.8. The molecule has 2 aromatic rings. The van der Waals surface area contributed by atoms with Gasteiger partial charge in [0.1, 0.15) is 0 Å². The molecule has 0 radical (unpaired) electrons. The highest BCUT2D eigenvalue weighted by Gasteiger charge is 2.33. The van der Waals surface area contributed by atoms with Gasteiger partial charge in [0.05, 0.1) is 24.4 Å². The van der Waals surface area contributed by atoms with E-state index in [2.05, 4.69) is 10.6 Å². The Labute approximate surface area is 171 Å². The lowest BCUT2D eigenvalue weighted by Gasteiger charge is -2.31. The van der Waals surface area contributed by atoms with Crippen molar-refractivity contribution >= 4 is 63.8 Å². The number of carbonyl (C=O) groups excluding carboxylic acids is 1. The van der Waals surface area contributed by atoms with E-state index in [1.807, 2.05) is 0 Å². The maximum atomic E-state index is 12.6. The van der Waals surface area contributed by atoms with Crippen molar-refractivity contribution in [3.05, 3.63) is 74.2 Å². The fourth-order valence-electron chi connectivity index (χ4n) is 2.71. The van der Waals surface area contributed by atoms with Gasteiger partial charge in [0.15, 0.2) is 5.11 Å². The van der Waals surface area contributed by atoms with E-state index in [1.54, 1.807) is 42.5 Å². The average molecular weight is 428 g/mol. The van der Waals surface area contributed by atoms with Gasteiger partial charge in [0, 0.05) is 15.1 Å². The Kier molecular flexibility index (Phi) is 5.73. The Morgan fingerprint density at radius 3 is 2.35 bits per heavy atom. The van der Waals surface area contributed by atoms with Gasteiger partial charge in [0.25, 0.3) is 0 Å². The molecule has 0 saturated heterocycles. The lowest BCUT2D eigenvalue weighted by Crippen LogP contribution is -2.45. The molecular weight excluding hydrogens is 415 g/mol. The molecule has 1 heterocycles. The molecule has 8 heteroatoms. The summed E-state index contributed by atoms with van der Waals surface area (Å²) >= 11 is 23.6. The first-order chi connectivity index (χ1) is 12.4. The molecule has 1 aliphatic rings. The standard InChI is InChI=1S/C18H13Cl3N2O2S/c1-25-17(24)14-15(9-2-4-10(19)5-3-9)22-18(26)23-16(14)12-7-6-11(20)8-13(12)21/h2-8,16H,1H3,(H2,22,23,26)/t16-/m1/s1. The molecule has 1 atom stereocenters. The fraction of sp³-hybridized carbons (Fsp3) is 0.111. The zero-order chi connectivity index (χ0) is 18.8. The predicted molar refractivity (Wildman–Crippen MR) is 108 cm³/mol. The van der Waals surface area contributed by atoms with Crippen LogP contribution in [0.4, 0.5) is 0 Å². The van der Waals surface area contributed by atoms with Gasteiger partial charge >= 0.3 is 5.97 Å². The minimum absolute atomic E-state index is 0.354. The van der Waals surface area contributed by atoms with Gasteiger partial charge in [-0.25, -0.2) is 4.79 Å². The number of nitrogens with one attached hydrogen (secondary N) is 2. The summed E-state index contributed by atoms with van der Waals surface area (Å²) in [5.74, 6) is -0.506. The number of ether oxygens (including phenoxy) is 1. The molecule has 2 aromatic carbocycles. The Balaban J connectivity index is 2.21. The molecule has 0 bridgehead atoms. The van der Waals surface area contributed by atoms with Gasteiger partial charge in [-0.15, -0.1) is 0 Å². The molecule has 3 rings (SSSR count). The van der Waals surface area contributed by atoms with Gasteiger partial charge in [0.2, 0.25) is 0 Å². The third-order valence-corrected chi connectivity index (χ3v) is 4.92. The summed E-state index contributed by atoms with van der Waals surface area (Å²) < 4.78 is 5.00. The quantitative estimate of drug-likeness (QED) is 0.547. The maximum Gasteiger partial charge on any atom is 0.338 e. The van der Waals surface area contributed by atoms with Crippen LogP contribution in [0, 0.1) is 0 Å². The molecule has 0 spiro atoms. The number of rotatable bonds is 3. The van der Waals surface area contributed by atoms with E-state index in [0.717, 1.165) is 5.56 Å². The average Bonchev–Trinajstić information content (AvgIpc) is 2.61. The number of methoxy groups -OCH3 is 1. The Bertz CT molecular complexity index is 913. The zero-order valence-electron chi connectivity index (χ0n) is 13.5. The van der Waals surface area contributed by atoms with Crippen LogP contribution in [0.25, 0.3) is 5.70 Å². The zero-order valence-corrected chi connectivity index (χ0v) is 16.6. The van der Waals surface area contributed by atoms with Gasteiger partial charge in [-0.05, 0) is 47.6 Å². The Morgan fingerprint density at radius 2 is 1.73 bits per heavy atom. The van der Waals surface area contributed by atoms with Crippen molar-refractivity contribution in [1.29, 1.82) is 0 Å². The summed E-state index contributed by atoms with van der Waals surface area (Å²) in [6, 6.07) is 11.5. The molecule has 0 aromatic heterocycles. The van der Waals surface area contributed by atoms with Crippen molar-refractivity contribution in [2.45, 2.75) is 6.04 Å². The van der Waals surface area contributed by atoms with Crippen LogP contribution in [0.2, 0.25) is 15.1 Å². The molecule has 26 heavy (non-hydrogen) atoms. The lowest BCUT2D eigenvalue weighted by atomic mass is 9.93. The van der Waals surface area contributed by atoms with Crippen molar-refractivity contribution in [3.8, 4) is 0 Å². The third kappa shape index (κ3) is 3.81. The van der Waals surface area contributed by atoms with Gasteiger partial charge in [-0.2, -0.15) is 0 Å². The van der Waals surface area contributed by atoms with E-state index in [4.69, 9.17) is 51.8 Å². The van der Waals surface area contributed by atoms with E-state index >= 15 is 0 Å². The van der Waals surface area contributed by atoms with Crippen LogP contribution < -0.4 is 10.6 Å².